The lowest BCUT2D eigenvalue weighted by atomic mass is 10.0. The molecule has 0 bridgehead atoms. The van der Waals surface area contributed by atoms with E-state index < -0.39 is 10.1 Å². The van der Waals surface area contributed by atoms with Gasteiger partial charge in [0.1, 0.15) is 5.75 Å². The number of esters is 1. The second-order valence-corrected chi connectivity index (χ2v) is 9.54. The molecule has 0 aliphatic heterocycles. The van der Waals surface area contributed by atoms with Gasteiger partial charge in [-0.25, -0.2) is 0 Å². The highest BCUT2D eigenvalue weighted by atomic mass is 32.2. The molecule has 0 radical (unpaired) electrons. The molecule has 0 spiro atoms. The summed E-state index contributed by atoms with van der Waals surface area (Å²) in [5.74, 6) is -0.0299. The molecule has 0 fully saturated rings. The van der Waals surface area contributed by atoms with Crippen LogP contribution < -0.4 is 4.74 Å². The van der Waals surface area contributed by atoms with Crippen molar-refractivity contribution in [3.05, 3.63) is 24.3 Å². The highest BCUT2D eigenvalue weighted by Gasteiger charge is 2.10. The van der Waals surface area contributed by atoms with E-state index in [1.54, 1.807) is 0 Å². The van der Waals surface area contributed by atoms with Gasteiger partial charge in [-0.1, -0.05) is 96.8 Å². The van der Waals surface area contributed by atoms with Crippen LogP contribution in [0.2, 0.25) is 0 Å². The zero-order valence-electron chi connectivity index (χ0n) is 18.6. The number of carbonyl (C=O) groups excluding carboxylic acids is 1. The monoisotopic (exact) mass is 440 g/mol. The molecule has 1 aromatic carbocycles. The summed E-state index contributed by atoms with van der Waals surface area (Å²) in [6, 6.07) is 5.16. The number of hydrogen-bond acceptors (Lipinski definition) is 4. The number of rotatable bonds is 18. The van der Waals surface area contributed by atoms with Crippen molar-refractivity contribution in [2.45, 2.75) is 115 Å². The molecule has 6 heteroatoms. The SMILES string of the molecule is CCCCCCCCCCCCCCCCCC(=O)Oc1ccc(S(=O)(=O)O)cc1. The fourth-order valence-corrected chi connectivity index (χ4v) is 3.98. The maximum Gasteiger partial charge on any atom is 0.311 e. The molecule has 0 aromatic heterocycles. The summed E-state index contributed by atoms with van der Waals surface area (Å²) >= 11 is 0. The predicted molar refractivity (Wildman–Crippen MR) is 121 cm³/mol. The van der Waals surface area contributed by atoms with Crippen LogP contribution in [-0.2, 0) is 14.9 Å². The van der Waals surface area contributed by atoms with Crippen LogP contribution in [0, 0.1) is 0 Å². The summed E-state index contributed by atoms with van der Waals surface area (Å²) < 4.78 is 36.1. The van der Waals surface area contributed by atoms with Gasteiger partial charge in [-0.05, 0) is 30.7 Å². The van der Waals surface area contributed by atoms with E-state index in [2.05, 4.69) is 6.92 Å². The molecule has 0 saturated heterocycles. The number of benzene rings is 1. The van der Waals surface area contributed by atoms with Gasteiger partial charge in [-0.3, -0.25) is 9.35 Å². The third-order valence-corrected chi connectivity index (χ3v) is 6.21. The summed E-state index contributed by atoms with van der Waals surface area (Å²) in [6.07, 6.45) is 19.6. The van der Waals surface area contributed by atoms with Crippen LogP contribution in [0.15, 0.2) is 29.2 Å². The van der Waals surface area contributed by atoms with Crippen molar-refractivity contribution in [3.8, 4) is 5.75 Å². The van der Waals surface area contributed by atoms with E-state index in [9.17, 15) is 13.2 Å². The minimum Gasteiger partial charge on any atom is -0.427 e. The van der Waals surface area contributed by atoms with Crippen molar-refractivity contribution in [2.24, 2.45) is 0 Å². The Hall–Kier alpha value is -1.40. The third-order valence-electron chi connectivity index (χ3n) is 5.34. The first-order valence-electron chi connectivity index (χ1n) is 11.7. The van der Waals surface area contributed by atoms with Gasteiger partial charge in [0.25, 0.3) is 10.1 Å². The van der Waals surface area contributed by atoms with Gasteiger partial charge < -0.3 is 4.74 Å². The third kappa shape index (κ3) is 13.8. The van der Waals surface area contributed by atoms with Gasteiger partial charge in [-0.2, -0.15) is 8.42 Å². The van der Waals surface area contributed by atoms with Gasteiger partial charge in [0.15, 0.2) is 0 Å². The Morgan fingerprint density at radius 1 is 0.733 bits per heavy atom. The molecule has 0 unspecified atom stereocenters. The Bertz CT molecular complexity index is 667. The zero-order chi connectivity index (χ0) is 22.1. The first kappa shape index (κ1) is 26.6. The van der Waals surface area contributed by atoms with E-state index in [0.29, 0.717) is 6.42 Å². The molecule has 5 nitrogen and oxygen atoms in total. The van der Waals surface area contributed by atoms with Crippen molar-refractivity contribution in [2.75, 3.05) is 0 Å². The zero-order valence-corrected chi connectivity index (χ0v) is 19.4. The Morgan fingerprint density at radius 2 is 1.13 bits per heavy atom. The summed E-state index contributed by atoms with van der Waals surface area (Å²) in [6.45, 7) is 2.26. The fraction of sp³-hybridized carbons (Fsp3) is 0.708. The largest absolute Gasteiger partial charge is 0.427 e. The molecular weight excluding hydrogens is 400 g/mol. The fourth-order valence-electron chi connectivity index (χ4n) is 3.50. The van der Waals surface area contributed by atoms with E-state index in [4.69, 9.17) is 9.29 Å². The maximum atomic E-state index is 11.8. The lowest BCUT2D eigenvalue weighted by Crippen LogP contribution is -2.07. The minimum absolute atomic E-state index is 0.218. The normalized spacial score (nSPS) is 11.5. The van der Waals surface area contributed by atoms with Crippen molar-refractivity contribution in [1.29, 1.82) is 0 Å². The molecule has 0 aliphatic carbocycles. The quantitative estimate of drug-likeness (QED) is 0.114. The standard InChI is InChI=1S/C24H40O5S/c1-2-3-4-5-6-7-8-9-10-11-12-13-14-15-16-17-24(25)29-22-18-20-23(21-19-22)30(26,27)28/h18-21H,2-17H2,1H3,(H,26,27,28). The highest BCUT2D eigenvalue weighted by Crippen LogP contribution is 2.17. The van der Waals surface area contributed by atoms with Gasteiger partial charge in [-0.15, -0.1) is 0 Å². The van der Waals surface area contributed by atoms with Crippen LogP contribution in [0.5, 0.6) is 5.75 Å². The molecular formula is C24H40O5S. The van der Waals surface area contributed by atoms with E-state index in [-0.39, 0.29) is 16.6 Å². The van der Waals surface area contributed by atoms with Crippen LogP contribution >= 0.6 is 0 Å². The second-order valence-electron chi connectivity index (χ2n) is 8.12. The predicted octanol–water partition coefficient (Wildman–Crippen LogP) is 7.10. The summed E-state index contributed by atoms with van der Waals surface area (Å²) in [4.78, 5) is 11.6. The van der Waals surface area contributed by atoms with Gasteiger partial charge >= 0.3 is 5.97 Å². The first-order valence-corrected chi connectivity index (χ1v) is 13.2. The summed E-state index contributed by atoms with van der Waals surface area (Å²) in [5.41, 5.74) is 0. The van der Waals surface area contributed by atoms with Crippen LogP contribution in [-0.4, -0.2) is 18.9 Å². The number of carbonyl (C=O) groups is 1. The van der Waals surface area contributed by atoms with Gasteiger partial charge in [0.2, 0.25) is 0 Å². The molecule has 0 aliphatic rings. The molecule has 1 aromatic rings. The average Bonchev–Trinajstić information content (AvgIpc) is 2.70. The van der Waals surface area contributed by atoms with E-state index in [1.807, 2.05) is 0 Å². The first-order chi connectivity index (χ1) is 14.4. The number of unbranched alkanes of at least 4 members (excludes halogenated alkanes) is 14. The highest BCUT2D eigenvalue weighted by molar-refractivity contribution is 7.85. The number of ether oxygens (including phenoxy) is 1. The molecule has 0 heterocycles. The van der Waals surface area contributed by atoms with Crippen molar-refractivity contribution >= 4 is 16.1 Å². The minimum atomic E-state index is -4.23. The molecule has 0 atom stereocenters. The Labute approximate surface area is 183 Å². The van der Waals surface area contributed by atoms with E-state index in [0.717, 1.165) is 19.3 Å². The van der Waals surface area contributed by atoms with Crippen molar-refractivity contribution in [1.82, 2.24) is 0 Å². The Kier molecular flexibility index (Phi) is 14.5. The van der Waals surface area contributed by atoms with Gasteiger partial charge in [0.05, 0.1) is 4.90 Å². The molecule has 1 N–H and O–H groups in total. The lowest BCUT2D eigenvalue weighted by molar-refractivity contribution is -0.134. The lowest BCUT2D eigenvalue weighted by Gasteiger charge is -2.05. The van der Waals surface area contributed by atoms with E-state index >= 15 is 0 Å². The van der Waals surface area contributed by atoms with Crippen molar-refractivity contribution < 1.29 is 22.5 Å². The molecule has 1 rings (SSSR count). The molecule has 0 saturated carbocycles. The van der Waals surface area contributed by atoms with Gasteiger partial charge in [0, 0.05) is 6.42 Å². The van der Waals surface area contributed by atoms with E-state index in [1.165, 1.54) is 101 Å². The second kappa shape index (κ2) is 16.3. The van der Waals surface area contributed by atoms with Crippen LogP contribution in [0.3, 0.4) is 0 Å². The topological polar surface area (TPSA) is 80.7 Å². The molecule has 172 valence electrons. The Morgan fingerprint density at radius 3 is 1.53 bits per heavy atom. The summed E-state index contributed by atoms with van der Waals surface area (Å²) in [5, 5.41) is 0. The van der Waals surface area contributed by atoms with Crippen LogP contribution in [0.1, 0.15) is 110 Å². The molecule has 0 amide bonds. The summed E-state index contributed by atoms with van der Waals surface area (Å²) in [7, 11) is -4.23. The van der Waals surface area contributed by atoms with Crippen molar-refractivity contribution in [3.63, 3.8) is 0 Å². The van der Waals surface area contributed by atoms with Crippen LogP contribution in [0.4, 0.5) is 0 Å². The molecule has 30 heavy (non-hydrogen) atoms. The Balaban J connectivity index is 1.92. The van der Waals surface area contributed by atoms with Crippen LogP contribution in [0.25, 0.3) is 0 Å². The maximum absolute atomic E-state index is 11.8. The number of hydrogen-bond donors (Lipinski definition) is 1. The average molecular weight is 441 g/mol. The smallest absolute Gasteiger partial charge is 0.311 e.